The number of aromatic nitrogens is 2. The van der Waals surface area contributed by atoms with Crippen molar-refractivity contribution < 1.29 is 18.7 Å². The summed E-state index contributed by atoms with van der Waals surface area (Å²) in [6.45, 7) is 2.79. The average molecular weight is 544 g/mol. The van der Waals surface area contributed by atoms with E-state index in [0.29, 0.717) is 28.9 Å². The molecule has 0 radical (unpaired) electrons. The first-order chi connectivity index (χ1) is 18.4. The number of carbonyl (C=O) groups is 1. The highest BCUT2D eigenvalue weighted by atomic mass is 35.5. The lowest BCUT2D eigenvalue weighted by atomic mass is 9.88. The van der Waals surface area contributed by atoms with E-state index in [-0.39, 0.29) is 28.8 Å². The zero-order chi connectivity index (χ0) is 27.1. The summed E-state index contributed by atoms with van der Waals surface area (Å²) in [6, 6.07) is 4.89. The molecule has 1 atom stereocenters. The Kier molecular flexibility index (Phi) is 9.58. The summed E-state index contributed by atoms with van der Waals surface area (Å²) in [4.78, 5) is 22.7. The van der Waals surface area contributed by atoms with Gasteiger partial charge in [0.2, 0.25) is 5.91 Å². The molecule has 1 amide bonds. The summed E-state index contributed by atoms with van der Waals surface area (Å²) in [7, 11) is 1.59. The molecule has 1 saturated heterocycles. The lowest BCUT2D eigenvalue weighted by molar-refractivity contribution is -0.126. The molecule has 2 heterocycles. The number of benzene rings is 1. The number of ether oxygens (including phenoxy) is 2. The van der Waals surface area contributed by atoms with E-state index in [1.54, 1.807) is 31.5 Å². The van der Waals surface area contributed by atoms with Gasteiger partial charge in [-0.15, -0.1) is 0 Å². The van der Waals surface area contributed by atoms with E-state index < -0.39 is 5.82 Å². The van der Waals surface area contributed by atoms with Crippen LogP contribution in [0.5, 0.6) is 0 Å². The van der Waals surface area contributed by atoms with Gasteiger partial charge >= 0.3 is 0 Å². The van der Waals surface area contributed by atoms with Crippen LogP contribution in [0.1, 0.15) is 57.4 Å². The average Bonchev–Trinajstić information content (AvgIpc) is 2.93. The standard InChI is InChI=1S/C28H35ClFN5O3/c1-3-24(37-2)25(15-18-16-32-17-33-28(18)34-22-8-6-7-21(29)26(22)30)38-20-12-10-19(11-13-20)35-14-5-4-9-23(35)27(31)36/h3,6-8,15-17,19-20,23H,4-5,9-14H2,1-2H3,(H2,31,36)(H,32,33,34)/b24-3+,25-15+/t19-,20+,23?. The minimum absolute atomic E-state index is 0.0167. The van der Waals surface area contributed by atoms with Gasteiger partial charge in [-0.05, 0) is 76.3 Å². The highest BCUT2D eigenvalue weighted by molar-refractivity contribution is 6.31. The molecule has 1 aliphatic heterocycles. The Bertz CT molecular complexity index is 1180. The van der Waals surface area contributed by atoms with Crippen molar-refractivity contribution in [3.8, 4) is 0 Å². The fourth-order valence-corrected chi connectivity index (χ4v) is 5.49. The maximum atomic E-state index is 14.5. The summed E-state index contributed by atoms with van der Waals surface area (Å²) < 4.78 is 26.6. The van der Waals surface area contributed by atoms with Crippen LogP contribution in [-0.2, 0) is 14.3 Å². The van der Waals surface area contributed by atoms with Crippen molar-refractivity contribution >= 4 is 35.1 Å². The molecule has 38 heavy (non-hydrogen) atoms. The highest BCUT2D eigenvalue weighted by Crippen LogP contribution is 2.33. The monoisotopic (exact) mass is 543 g/mol. The van der Waals surface area contributed by atoms with E-state index in [1.165, 1.54) is 12.4 Å². The normalized spacial score (nSPS) is 23.1. The molecule has 1 aromatic heterocycles. The second kappa shape index (κ2) is 13.1. The minimum Gasteiger partial charge on any atom is -0.493 e. The van der Waals surface area contributed by atoms with E-state index in [4.69, 9.17) is 26.8 Å². The molecule has 8 nitrogen and oxygen atoms in total. The van der Waals surface area contributed by atoms with E-state index in [9.17, 15) is 9.18 Å². The number of rotatable bonds is 9. The largest absolute Gasteiger partial charge is 0.493 e. The minimum atomic E-state index is -0.561. The predicted molar refractivity (Wildman–Crippen MR) is 146 cm³/mol. The molecule has 2 aromatic rings. The third-order valence-electron chi connectivity index (χ3n) is 7.24. The highest BCUT2D eigenvalue weighted by Gasteiger charge is 2.35. The molecule has 1 saturated carbocycles. The number of methoxy groups -OCH3 is 1. The van der Waals surface area contributed by atoms with Gasteiger partial charge in [0.25, 0.3) is 0 Å². The van der Waals surface area contributed by atoms with Crippen LogP contribution in [0.2, 0.25) is 5.02 Å². The lowest BCUT2D eigenvalue weighted by Crippen LogP contribution is -2.53. The first kappa shape index (κ1) is 27.9. The van der Waals surface area contributed by atoms with E-state index in [0.717, 1.165) is 51.5 Å². The summed E-state index contributed by atoms with van der Waals surface area (Å²) in [5, 5.41) is 3.02. The number of anilines is 2. The van der Waals surface area contributed by atoms with E-state index in [1.807, 2.05) is 13.0 Å². The van der Waals surface area contributed by atoms with Crippen LogP contribution in [-0.4, -0.2) is 52.6 Å². The molecule has 0 bridgehead atoms. The fraction of sp³-hybridized carbons (Fsp3) is 0.464. The number of primary amides is 1. The second-order valence-corrected chi connectivity index (χ2v) is 10.0. The molecule has 204 valence electrons. The number of amides is 1. The summed E-state index contributed by atoms with van der Waals surface area (Å²) >= 11 is 5.95. The van der Waals surface area contributed by atoms with Crippen LogP contribution >= 0.6 is 11.6 Å². The van der Waals surface area contributed by atoms with Crippen LogP contribution in [0.3, 0.4) is 0 Å². The first-order valence-corrected chi connectivity index (χ1v) is 13.4. The number of allylic oxidation sites excluding steroid dienone is 1. The topological polar surface area (TPSA) is 103 Å². The molecule has 1 aromatic carbocycles. The Hall–Kier alpha value is -3.17. The Balaban J connectivity index is 1.51. The Labute approximate surface area is 228 Å². The van der Waals surface area contributed by atoms with Gasteiger partial charge in [-0.1, -0.05) is 24.1 Å². The van der Waals surface area contributed by atoms with Crippen molar-refractivity contribution in [2.45, 2.75) is 70.1 Å². The van der Waals surface area contributed by atoms with Crippen LogP contribution in [0, 0.1) is 5.82 Å². The number of piperidine rings is 1. The van der Waals surface area contributed by atoms with Gasteiger partial charge in [-0.3, -0.25) is 9.69 Å². The number of hydrogen-bond acceptors (Lipinski definition) is 7. The molecule has 0 spiro atoms. The van der Waals surface area contributed by atoms with Crippen LogP contribution < -0.4 is 11.1 Å². The van der Waals surface area contributed by atoms with Gasteiger partial charge in [0.15, 0.2) is 17.3 Å². The quantitative estimate of drug-likeness (QED) is 0.315. The van der Waals surface area contributed by atoms with Gasteiger partial charge in [0.05, 0.1) is 30.0 Å². The zero-order valence-corrected chi connectivity index (χ0v) is 22.6. The van der Waals surface area contributed by atoms with Crippen LogP contribution in [0.4, 0.5) is 15.9 Å². The number of nitrogens with one attached hydrogen (secondary N) is 1. The first-order valence-electron chi connectivity index (χ1n) is 13.1. The number of hydrogen-bond donors (Lipinski definition) is 2. The van der Waals surface area contributed by atoms with E-state index in [2.05, 4.69) is 20.2 Å². The smallest absolute Gasteiger partial charge is 0.234 e. The number of nitrogens with two attached hydrogens (primary N) is 1. The van der Waals surface area contributed by atoms with Crippen LogP contribution in [0.15, 0.2) is 48.3 Å². The Morgan fingerprint density at radius 3 is 2.71 bits per heavy atom. The maximum Gasteiger partial charge on any atom is 0.234 e. The third kappa shape index (κ3) is 6.63. The fourth-order valence-electron chi connectivity index (χ4n) is 5.31. The molecule has 2 aliphatic rings. The molecule has 1 unspecified atom stereocenters. The molecule has 4 rings (SSSR count). The molecule has 2 fully saturated rings. The number of nitrogens with zero attached hydrogens (tertiary/aromatic N) is 3. The molecule has 1 aliphatic carbocycles. The van der Waals surface area contributed by atoms with Gasteiger partial charge in [0, 0.05) is 17.8 Å². The third-order valence-corrected chi connectivity index (χ3v) is 7.53. The lowest BCUT2D eigenvalue weighted by Gasteiger charge is -2.42. The number of halogens is 2. The Morgan fingerprint density at radius 2 is 2.00 bits per heavy atom. The van der Waals surface area contributed by atoms with Crippen molar-refractivity contribution in [1.82, 2.24) is 14.9 Å². The van der Waals surface area contributed by atoms with E-state index >= 15 is 0 Å². The van der Waals surface area contributed by atoms with Gasteiger partial charge in [-0.2, -0.15) is 0 Å². The van der Waals surface area contributed by atoms with Crippen molar-refractivity contribution in [2.75, 3.05) is 19.0 Å². The van der Waals surface area contributed by atoms with Gasteiger partial charge in [0.1, 0.15) is 12.1 Å². The summed E-state index contributed by atoms with van der Waals surface area (Å²) in [5.74, 6) is 0.726. The summed E-state index contributed by atoms with van der Waals surface area (Å²) in [6.07, 6.45) is 13.1. The maximum absolute atomic E-state index is 14.5. The molecular formula is C28H35ClFN5O3. The molecule has 10 heteroatoms. The van der Waals surface area contributed by atoms with Crippen molar-refractivity contribution in [2.24, 2.45) is 5.73 Å². The molecular weight excluding hydrogens is 509 g/mol. The SMILES string of the molecule is C/C=C(OC)\C(=C/c1cncnc1Nc1cccc(Cl)c1F)O[C@H]1CC[C@@H](N2CCCCC2C(N)=O)CC1. The van der Waals surface area contributed by atoms with Gasteiger partial charge < -0.3 is 20.5 Å². The van der Waals surface area contributed by atoms with Crippen molar-refractivity contribution in [1.29, 1.82) is 0 Å². The van der Waals surface area contributed by atoms with Crippen LogP contribution in [0.25, 0.3) is 6.08 Å². The zero-order valence-electron chi connectivity index (χ0n) is 21.8. The second-order valence-electron chi connectivity index (χ2n) is 9.62. The predicted octanol–water partition coefficient (Wildman–Crippen LogP) is 5.57. The molecule has 3 N–H and O–H groups in total. The van der Waals surface area contributed by atoms with Crippen molar-refractivity contribution in [3.63, 3.8) is 0 Å². The van der Waals surface area contributed by atoms with Crippen molar-refractivity contribution in [3.05, 3.63) is 64.7 Å². The summed E-state index contributed by atoms with van der Waals surface area (Å²) in [5.41, 5.74) is 6.50. The Morgan fingerprint density at radius 1 is 1.21 bits per heavy atom. The number of carbonyl (C=O) groups excluding carboxylic acids is 1. The van der Waals surface area contributed by atoms with Gasteiger partial charge in [-0.25, -0.2) is 14.4 Å². The number of likely N-dealkylation sites (tertiary alicyclic amines) is 1.